The monoisotopic (exact) mass is 337 g/mol. The standard InChI is InChI=1S/C18H19N5O2/c19-18(25)22-14-8-6-13(7-9-14)17(24)20-10-3-11-23-12-21-15-4-1-2-5-16(15)23/h1-2,4-9,12H,3,10-11H2,(H,20,24)(H3,19,22,25). The molecule has 0 spiro atoms. The number of fused-ring (bicyclic) bond motifs is 1. The van der Waals surface area contributed by atoms with Gasteiger partial charge in [0.25, 0.3) is 5.91 Å². The van der Waals surface area contributed by atoms with E-state index >= 15 is 0 Å². The van der Waals surface area contributed by atoms with Crippen molar-refractivity contribution in [2.24, 2.45) is 5.73 Å². The summed E-state index contributed by atoms with van der Waals surface area (Å²) in [5.74, 6) is -0.152. The predicted octanol–water partition coefficient (Wildman–Crippen LogP) is 2.35. The van der Waals surface area contributed by atoms with Crippen LogP contribution in [-0.2, 0) is 6.54 Å². The van der Waals surface area contributed by atoms with Gasteiger partial charge in [0.05, 0.1) is 17.4 Å². The minimum Gasteiger partial charge on any atom is -0.352 e. The van der Waals surface area contributed by atoms with Crippen molar-refractivity contribution in [2.75, 3.05) is 11.9 Å². The van der Waals surface area contributed by atoms with E-state index in [9.17, 15) is 9.59 Å². The number of anilines is 1. The summed E-state index contributed by atoms with van der Waals surface area (Å²) in [5, 5.41) is 5.34. The number of amides is 3. The van der Waals surface area contributed by atoms with E-state index in [1.54, 1.807) is 24.3 Å². The van der Waals surface area contributed by atoms with Crippen LogP contribution in [0.15, 0.2) is 54.9 Å². The zero-order valence-electron chi connectivity index (χ0n) is 13.6. The Hall–Kier alpha value is -3.35. The van der Waals surface area contributed by atoms with Crippen LogP contribution in [0.25, 0.3) is 11.0 Å². The highest BCUT2D eigenvalue weighted by molar-refractivity contribution is 5.95. The number of nitrogens with two attached hydrogens (primary N) is 1. The van der Waals surface area contributed by atoms with E-state index in [1.165, 1.54) is 0 Å². The third-order valence-corrected chi connectivity index (χ3v) is 3.80. The average molecular weight is 337 g/mol. The molecular weight excluding hydrogens is 318 g/mol. The molecule has 7 nitrogen and oxygen atoms in total. The fourth-order valence-electron chi connectivity index (χ4n) is 2.59. The van der Waals surface area contributed by atoms with E-state index in [4.69, 9.17) is 5.73 Å². The first-order valence-electron chi connectivity index (χ1n) is 7.98. The molecule has 128 valence electrons. The maximum Gasteiger partial charge on any atom is 0.316 e. The first-order valence-corrected chi connectivity index (χ1v) is 7.98. The zero-order chi connectivity index (χ0) is 17.6. The van der Waals surface area contributed by atoms with Crippen molar-refractivity contribution >= 4 is 28.7 Å². The van der Waals surface area contributed by atoms with E-state index in [-0.39, 0.29) is 5.91 Å². The number of aromatic nitrogens is 2. The van der Waals surface area contributed by atoms with Gasteiger partial charge in [-0.1, -0.05) is 12.1 Å². The van der Waals surface area contributed by atoms with Gasteiger partial charge in [-0.3, -0.25) is 4.79 Å². The first-order chi connectivity index (χ1) is 12.1. The van der Waals surface area contributed by atoms with Crippen LogP contribution in [0.5, 0.6) is 0 Å². The lowest BCUT2D eigenvalue weighted by Gasteiger charge is -2.07. The summed E-state index contributed by atoms with van der Waals surface area (Å²) in [6, 6.07) is 13.9. The van der Waals surface area contributed by atoms with Gasteiger partial charge >= 0.3 is 6.03 Å². The van der Waals surface area contributed by atoms with Gasteiger partial charge in [-0.15, -0.1) is 0 Å². The number of hydrogen-bond acceptors (Lipinski definition) is 3. The number of benzene rings is 2. The number of imidazole rings is 1. The van der Waals surface area contributed by atoms with Gasteiger partial charge in [-0.05, 0) is 42.8 Å². The summed E-state index contributed by atoms with van der Waals surface area (Å²) in [6.07, 6.45) is 2.62. The molecular formula is C18H19N5O2. The Balaban J connectivity index is 1.48. The van der Waals surface area contributed by atoms with Crippen molar-refractivity contribution in [2.45, 2.75) is 13.0 Å². The number of carbonyl (C=O) groups is 2. The number of nitrogens with one attached hydrogen (secondary N) is 2. The Morgan fingerprint density at radius 2 is 1.84 bits per heavy atom. The van der Waals surface area contributed by atoms with Crippen LogP contribution < -0.4 is 16.4 Å². The summed E-state index contributed by atoms with van der Waals surface area (Å²) in [6.45, 7) is 1.34. The van der Waals surface area contributed by atoms with Crippen LogP contribution in [0.3, 0.4) is 0 Å². The summed E-state index contributed by atoms with van der Waals surface area (Å²) in [7, 11) is 0. The topological polar surface area (TPSA) is 102 Å². The molecule has 1 heterocycles. The predicted molar refractivity (Wildman–Crippen MR) is 96.3 cm³/mol. The molecule has 3 rings (SSSR count). The Kier molecular flexibility index (Phi) is 4.94. The molecule has 0 saturated carbocycles. The summed E-state index contributed by atoms with van der Waals surface area (Å²) in [4.78, 5) is 27.2. The molecule has 25 heavy (non-hydrogen) atoms. The molecule has 0 bridgehead atoms. The molecule has 0 aliphatic rings. The van der Waals surface area contributed by atoms with E-state index in [1.807, 2.05) is 30.6 Å². The third-order valence-electron chi connectivity index (χ3n) is 3.80. The van der Waals surface area contributed by atoms with E-state index in [0.29, 0.717) is 17.8 Å². The first kappa shape index (κ1) is 16.5. The number of primary amides is 1. The number of rotatable bonds is 6. The second-order valence-corrected chi connectivity index (χ2v) is 5.60. The van der Waals surface area contributed by atoms with Gasteiger partial charge in [0.1, 0.15) is 0 Å². The Labute approximate surface area is 144 Å². The quantitative estimate of drug-likeness (QED) is 0.602. The molecule has 0 fully saturated rings. The zero-order valence-corrected chi connectivity index (χ0v) is 13.6. The minimum absolute atomic E-state index is 0.152. The van der Waals surface area contributed by atoms with Crippen LogP contribution in [0.2, 0.25) is 0 Å². The summed E-state index contributed by atoms with van der Waals surface area (Å²) < 4.78 is 2.08. The fourth-order valence-corrected chi connectivity index (χ4v) is 2.59. The van der Waals surface area contributed by atoms with Crippen LogP contribution in [0, 0.1) is 0 Å². The number of nitrogens with zero attached hydrogens (tertiary/aromatic N) is 2. The molecule has 7 heteroatoms. The third kappa shape index (κ3) is 4.14. The molecule has 0 atom stereocenters. The van der Waals surface area contributed by atoms with Crippen LogP contribution in [0.4, 0.5) is 10.5 Å². The molecule has 3 amide bonds. The Morgan fingerprint density at radius 3 is 2.60 bits per heavy atom. The molecule has 0 radical (unpaired) electrons. The highest BCUT2D eigenvalue weighted by Crippen LogP contribution is 2.12. The van der Waals surface area contributed by atoms with Gasteiger partial charge in [0.2, 0.25) is 0 Å². The lowest BCUT2D eigenvalue weighted by Crippen LogP contribution is -2.25. The van der Waals surface area contributed by atoms with Crippen LogP contribution >= 0.6 is 0 Å². The van der Waals surface area contributed by atoms with Crippen molar-refractivity contribution in [1.29, 1.82) is 0 Å². The van der Waals surface area contributed by atoms with Gasteiger partial charge in [0.15, 0.2) is 0 Å². The molecule has 1 aromatic heterocycles. The number of hydrogen-bond donors (Lipinski definition) is 3. The Bertz CT molecular complexity index is 886. The van der Waals surface area contributed by atoms with E-state index in [0.717, 1.165) is 24.0 Å². The molecule has 3 aromatic rings. The Morgan fingerprint density at radius 1 is 1.08 bits per heavy atom. The second kappa shape index (κ2) is 7.48. The molecule has 0 aliphatic heterocycles. The van der Waals surface area contributed by atoms with Gasteiger partial charge in [-0.25, -0.2) is 9.78 Å². The van der Waals surface area contributed by atoms with Crippen molar-refractivity contribution < 1.29 is 9.59 Å². The fraction of sp³-hybridized carbons (Fsp3) is 0.167. The van der Waals surface area contributed by atoms with Crippen molar-refractivity contribution in [3.63, 3.8) is 0 Å². The minimum atomic E-state index is -0.635. The average Bonchev–Trinajstić information content (AvgIpc) is 3.02. The smallest absolute Gasteiger partial charge is 0.316 e. The summed E-state index contributed by atoms with van der Waals surface area (Å²) in [5.41, 5.74) is 8.18. The number of carbonyl (C=O) groups excluding carboxylic acids is 2. The summed E-state index contributed by atoms with van der Waals surface area (Å²) >= 11 is 0. The second-order valence-electron chi connectivity index (χ2n) is 5.60. The number of urea groups is 1. The lowest BCUT2D eigenvalue weighted by molar-refractivity contribution is 0.0953. The molecule has 2 aromatic carbocycles. The normalized spacial score (nSPS) is 10.6. The van der Waals surface area contributed by atoms with E-state index < -0.39 is 6.03 Å². The van der Waals surface area contributed by atoms with Crippen LogP contribution in [0.1, 0.15) is 16.8 Å². The number of aryl methyl sites for hydroxylation is 1. The van der Waals surface area contributed by atoms with Crippen LogP contribution in [-0.4, -0.2) is 28.0 Å². The highest BCUT2D eigenvalue weighted by atomic mass is 16.2. The van der Waals surface area contributed by atoms with Crippen molar-refractivity contribution in [3.05, 3.63) is 60.4 Å². The molecule has 0 aliphatic carbocycles. The number of para-hydroxylation sites is 2. The van der Waals surface area contributed by atoms with E-state index in [2.05, 4.69) is 20.2 Å². The largest absolute Gasteiger partial charge is 0.352 e. The SMILES string of the molecule is NC(=O)Nc1ccc(C(=O)NCCCn2cnc3ccccc32)cc1. The van der Waals surface area contributed by atoms with Gasteiger partial charge < -0.3 is 20.9 Å². The van der Waals surface area contributed by atoms with Gasteiger partial charge in [0, 0.05) is 24.3 Å². The van der Waals surface area contributed by atoms with Gasteiger partial charge in [-0.2, -0.15) is 0 Å². The van der Waals surface area contributed by atoms with Crippen molar-refractivity contribution in [3.8, 4) is 0 Å². The lowest BCUT2D eigenvalue weighted by atomic mass is 10.2. The highest BCUT2D eigenvalue weighted by Gasteiger charge is 2.06. The molecule has 4 N–H and O–H groups in total. The maximum atomic E-state index is 12.1. The molecule has 0 saturated heterocycles. The van der Waals surface area contributed by atoms with Crippen molar-refractivity contribution in [1.82, 2.24) is 14.9 Å². The molecule has 0 unspecified atom stereocenters. The maximum absolute atomic E-state index is 12.1.